The van der Waals surface area contributed by atoms with Crippen molar-refractivity contribution in [2.45, 2.75) is 26.9 Å². The lowest BCUT2D eigenvalue weighted by atomic mass is 10.3. The molecule has 0 aliphatic heterocycles. The van der Waals surface area contributed by atoms with Gasteiger partial charge in [0.2, 0.25) is 0 Å². The fourth-order valence-electron chi connectivity index (χ4n) is 2.07. The normalized spacial score (nSPS) is 11.3. The van der Waals surface area contributed by atoms with Gasteiger partial charge in [0.05, 0.1) is 17.1 Å². The topological polar surface area (TPSA) is 55.1 Å². The smallest absolute Gasteiger partial charge is 0.194 e. The van der Waals surface area contributed by atoms with Crippen molar-refractivity contribution in [1.82, 2.24) is 24.7 Å². The summed E-state index contributed by atoms with van der Waals surface area (Å²) in [5.74, 6) is 0.806. The minimum Gasteiger partial charge on any atom is -0.305 e. The number of thiazole rings is 1. The Kier molecular flexibility index (Phi) is 3.27. The number of nitrogens with one attached hydrogen (secondary N) is 1. The van der Waals surface area contributed by atoms with E-state index in [9.17, 15) is 0 Å². The first-order chi connectivity index (χ1) is 9.24. The lowest BCUT2D eigenvalue weighted by molar-refractivity contribution is 0.657. The first-order valence-electron chi connectivity index (χ1n) is 6.14. The number of imidazole rings is 1. The van der Waals surface area contributed by atoms with Gasteiger partial charge < -0.3 is 5.32 Å². The van der Waals surface area contributed by atoms with Gasteiger partial charge >= 0.3 is 0 Å². The van der Waals surface area contributed by atoms with Crippen molar-refractivity contribution >= 4 is 16.3 Å². The van der Waals surface area contributed by atoms with E-state index in [1.165, 1.54) is 5.69 Å². The minimum absolute atomic E-state index is 0.736. The second kappa shape index (κ2) is 5.07. The first-order valence-corrected chi connectivity index (χ1v) is 7.02. The van der Waals surface area contributed by atoms with Gasteiger partial charge in [-0.1, -0.05) is 0 Å². The van der Waals surface area contributed by atoms with Crippen LogP contribution in [0, 0.1) is 13.8 Å². The van der Waals surface area contributed by atoms with Crippen LogP contribution >= 0.6 is 11.3 Å². The van der Waals surface area contributed by atoms with Crippen molar-refractivity contribution in [3.63, 3.8) is 0 Å². The van der Waals surface area contributed by atoms with Gasteiger partial charge in [-0.3, -0.25) is 4.40 Å². The highest BCUT2D eigenvalue weighted by Crippen LogP contribution is 2.16. The second-order valence-corrected chi connectivity index (χ2v) is 5.27. The van der Waals surface area contributed by atoms with E-state index >= 15 is 0 Å². The van der Waals surface area contributed by atoms with Gasteiger partial charge in [0, 0.05) is 30.9 Å². The van der Waals surface area contributed by atoms with Gasteiger partial charge in [0.1, 0.15) is 5.82 Å². The van der Waals surface area contributed by atoms with Crippen molar-refractivity contribution in [3.05, 3.63) is 46.7 Å². The van der Waals surface area contributed by atoms with Gasteiger partial charge in [-0.05, 0) is 19.9 Å². The Morgan fingerprint density at radius 2 is 2.16 bits per heavy atom. The monoisotopic (exact) mass is 273 g/mol. The molecule has 3 aromatic heterocycles. The van der Waals surface area contributed by atoms with E-state index in [-0.39, 0.29) is 0 Å². The summed E-state index contributed by atoms with van der Waals surface area (Å²) in [6.07, 6.45) is 3.85. The molecule has 0 radical (unpaired) electrons. The zero-order valence-corrected chi connectivity index (χ0v) is 11.7. The predicted octanol–water partition coefficient (Wildman–Crippen LogP) is 2.09. The molecule has 0 aliphatic carbocycles. The Bertz CT molecular complexity index is 700. The Morgan fingerprint density at radius 3 is 3.00 bits per heavy atom. The number of rotatable bonds is 4. The molecule has 98 valence electrons. The van der Waals surface area contributed by atoms with Gasteiger partial charge in [0.15, 0.2) is 4.96 Å². The molecule has 0 fully saturated rings. The third-order valence-corrected chi connectivity index (χ3v) is 3.75. The molecule has 19 heavy (non-hydrogen) atoms. The van der Waals surface area contributed by atoms with Crippen LogP contribution in [0.15, 0.2) is 23.8 Å². The third-order valence-electron chi connectivity index (χ3n) is 2.99. The Labute approximate surface area is 115 Å². The van der Waals surface area contributed by atoms with Gasteiger partial charge in [-0.2, -0.15) is 0 Å². The number of aromatic nitrogens is 4. The Morgan fingerprint density at radius 1 is 1.26 bits per heavy atom. The van der Waals surface area contributed by atoms with Crippen LogP contribution in [0.3, 0.4) is 0 Å². The first kappa shape index (κ1) is 12.3. The van der Waals surface area contributed by atoms with Gasteiger partial charge in [0.25, 0.3) is 0 Å². The number of aryl methyl sites for hydroxylation is 2. The highest BCUT2D eigenvalue weighted by Gasteiger charge is 2.08. The highest BCUT2D eigenvalue weighted by atomic mass is 32.1. The van der Waals surface area contributed by atoms with Crippen molar-refractivity contribution < 1.29 is 0 Å². The van der Waals surface area contributed by atoms with Gasteiger partial charge in [-0.25, -0.2) is 15.0 Å². The van der Waals surface area contributed by atoms with Gasteiger partial charge in [-0.15, -0.1) is 11.3 Å². The average molecular weight is 273 g/mol. The maximum absolute atomic E-state index is 4.53. The molecule has 1 N–H and O–H groups in total. The van der Waals surface area contributed by atoms with Crippen molar-refractivity contribution in [2.75, 3.05) is 0 Å². The maximum Gasteiger partial charge on any atom is 0.194 e. The van der Waals surface area contributed by atoms with Crippen LogP contribution < -0.4 is 5.32 Å². The summed E-state index contributed by atoms with van der Waals surface area (Å²) >= 11 is 1.66. The third kappa shape index (κ3) is 2.50. The molecule has 5 nitrogen and oxygen atoms in total. The van der Waals surface area contributed by atoms with Crippen LogP contribution in [-0.2, 0) is 13.1 Å². The fourth-order valence-corrected chi connectivity index (χ4v) is 2.84. The van der Waals surface area contributed by atoms with E-state index in [0.717, 1.165) is 35.3 Å². The van der Waals surface area contributed by atoms with Crippen LogP contribution in [0.4, 0.5) is 0 Å². The molecular weight excluding hydrogens is 258 g/mol. The Hall–Kier alpha value is -1.79. The molecule has 0 atom stereocenters. The predicted molar refractivity (Wildman–Crippen MR) is 75.1 cm³/mol. The summed E-state index contributed by atoms with van der Waals surface area (Å²) in [5, 5.41) is 5.46. The van der Waals surface area contributed by atoms with Crippen LogP contribution in [0.25, 0.3) is 4.96 Å². The minimum atomic E-state index is 0.736. The molecule has 0 aliphatic rings. The standard InChI is InChI=1S/C13H15N5S/c1-9-12(18-5-6-19-13(18)16-9)8-14-7-11-3-4-15-10(2)17-11/h3-6,14H,7-8H2,1-2H3. The number of fused-ring (bicyclic) bond motifs is 1. The molecule has 0 bridgehead atoms. The van der Waals surface area contributed by atoms with E-state index < -0.39 is 0 Å². The molecule has 0 unspecified atom stereocenters. The largest absolute Gasteiger partial charge is 0.305 e. The van der Waals surface area contributed by atoms with E-state index in [0.29, 0.717) is 0 Å². The molecule has 3 aromatic rings. The summed E-state index contributed by atoms with van der Waals surface area (Å²) in [6.45, 7) is 5.47. The van der Waals surface area contributed by atoms with E-state index in [1.807, 2.05) is 19.9 Å². The highest BCUT2D eigenvalue weighted by molar-refractivity contribution is 7.15. The molecule has 3 heterocycles. The quantitative estimate of drug-likeness (QED) is 0.791. The summed E-state index contributed by atoms with van der Waals surface area (Å²) < 4.78 is 2.14. The van der Waals surface area contributed by atoms with Crippen molar-refractivity contribution in [1.29, 1.82) is 0 Å². The number of nitrogens with zero attached hydrogens (tertiary/aromatic N) is 4. The molecule has 0 aromatic carbocycles. The van der Waals surface area contributed by atoms with Crippen molar-refractivity contribution in [3.8, 4) is 0 Å². The van der Waals surface area contributed by atoms with E-state index in [1.54, 1.807) is 17.5 Å². The number of hydrogen-bond donors (Lipinski definition) is 1. The van der Waals surface area contributed by atoms with Crippen LogP contribution in [0.5, 0.6) is 0 Å². The number of hydrogen-bond acceptors (Lipinski definition) is 5. The molecule has 3 rings (SSSR count). The molecule has 6 heteroatoms. The molecule has 0 spiro atoms. The lowest BCUT2D eigenvalue weighted by Gasteiger charge is -2.05. The van der Waals surface area contributed by atoms with Crippen molar-refractivity contribution in [2.24, 2.45) is 0 Å². The second-order valence-electron chi connectivity index (χ2n) is 4.40. The van der Waals surface area contributed by atoms with Crippen LogP contribution in [-0.4, -0.2) is 19.4 Å². The van der Waals surface area contributed by atoms with E-state index in [2.05, 4.69) is 36.2 Å². The molecule has 0 saturated heterocycles. The lowest BCUT2D eigenvalue weighted by Crippen LogP contribution is -2.15. The average Bonchev–Trinajstić information content (AvgIpc) is 2.92. The fraction of sp³-hybridized carbons (Fsp3) is 0.308. The van der Waals surface area contributed by atoms with Crippen LogP contribution in [0.1, 0.15) is 22.9 Å². The summed E-state index contributed by atoms with van der Waals surface area (Å²) in [4.78, 5) is 14.0. The molecule has 0 saturated carbocycles. The van der Waals surface area contributed by atoms with E-state index in [4.69, 9.17) is 0 Å². The summed E-state index contributed by atoms with van der Waals surface area (Å²) in [6, 6.07) is 1.93. The summed E-state index contributed by atoms with van der Waals surface area (Å²) in [5.41, 5.74) is 3.30. The zero-order valence-electron chi connectivity index (χ0n) is 10.9. The maximum atomic E-state index is 4.53. The zero-order chi connectivity index (χ0) is 13.2. The SMILES string of the molecule is Cc1nccc(CNCc2c(C)nc3sccn23)n1. The molecule has 0 amide bonds. The van der Waals surface area contributed by atoms with Crippen LogP contribution in [0.2, 0.25) is 0 Å². The Balaban J connectivity index is 1.69. The molecular formula is C13H15N5S. The summed E-state index contributed by atoms with van der Waals surface area (Å²) in [7, 11) is 0.